The summed E-state index contributed by atoms with van der Waals surface area (Å²) in [4.78, 5) is 25.6. The van der Waals surface area contributed by atoms with Crippen molar-refractivity contribution in [1.29, 1.82) is 0 Å². The van der Waals surface area contributed by atoms with Gasteiger partial charge < -0.3 is 15.5 Å². The van der Waals surface area contributed by atoms with E-state index in [0.717, 1.165) is 13.1 Å². The van der Waals surface area contributed by atoms with Gasteiger partial charge in [0.15, 0.2) is 0 Å². The zero-order valence-electron chi connectivity index (χ0n) is 11.6. The molecule has 18 heavy (non-hydrogen) atoms. The van der Waals surface area contributed by atoms with E-state index in [-0.39, 0.29) is 24.2 Å². The minimum Gasteiger partial charge on any atom is -0.344 e. The molecule has 5 nitrogen and oxygen atoms in total. The Labute approximate surface area is 115 Å². The van der Waals surface area contributed by atoms with Crippen LogP contribution in [0.2, 0.25) is 0 Å². The van der Waals surface area contributed by atoms with Gasteiger partial charge in [-0.05, 0) is 6.92 Å². The molecule has 6 heteroatoms. The molecule has 106 valence electrons. The van der Waals surface area contributed by atoms with Crippen molar-refractivity contribution in [3.63, 3.8) is 0 Å². The molecule has 1 unspecified atom stereocenters. The number of nitrogens with zero attached hydrogens (tertiary/aromatic N) is 1. The van der Waals surface area contributed by atoms with Crippen molar-refractivity contribution in [2.24, 2.45) is 5.41 Å². The maximum absolute atomic E-state index is 12.0. The summed E-state index contributed by atoms with van der Waals surface area (Å²) in [5.74, 6) is -0.0856. The first-order valence-electron chi connectivity index (χ1n) is 6.13. The van der Waals surface area contributed by atoms with Crippen molar-refractivity contribution in [1.82, 2.24) is 15.5 Å². The van der Waals surface area contributed by atoms with Crippen molar-refractivity contribution in [3.8, 4) is 0 Å². The van der Waals surface area contributed by atoms with Crippen LogP contribution in [-0.2, 0) is 9.59 Å². The van der Waals surface area contributed by atoms with Crippen LogP contribution < -0.4 is 10.6 Å². The Morgan fingerprint density at radius 3 is 2.17 bits per heavy atom. The molecule has 0 saturated carbocycles. The van der Waals surface area contributed by atoms with Crippen LogP contribution in [0.5, 0.6) is 0 Å². The number of rotatable bonds is 2. The van der Waals surface area contributed by atoms with Crippen LogP contribution >= 0.6 is 12.4 Å². The van der Waals surface area contributed by atoms with Crippen molar-refractivity contribution in [2.75, 3.05) is 26.2 Å². The topological polar surface area (TPSA) is 61.4 Å². The normalized spacial score (nSPS) is 17.7. The van der Waals surface area contributed by atoms with Crippen LogP contribution in [0.15, 0.2) is 0 Å². The van der Waals surface area contributed by atoms with E-state index in [2.05, 4.69) is 10.6 Å². The lowest BCUT2D eigenvalue weighted by Gasteiger charge is -2.31. The van der Waals surface area contributed by atoms with Gasteiger partial charge in [0.1, 0.15) is 6.04 Å². The van der Waals surface area contributed by atoms with E-state index in [1.807, 2.05) is 20.8 Å². The molecule has 1 atom stereocenters. The van der Waals surface area contributed by atoms with Crippen LogP contribution in [-0.4, -0.2) is 48.9 Å². The van der Waals surface area contributed by atoms with Crippen LogP contribution in [0.4, 0.5) is 0 Å². The number of piperazine rings is 1. The van der Waals surface area contributed by atoms with Crippen molar-refractivity contribution >= 4 is 24.2 Å². The minimum absolute atomic E-state index is 0. The molecule has 1 aliphatic heterocycles. The van der Waals surface area contributed by atoms with Crippen molar-refractivity contribution in [2.45, 2.75) is 33.7 Å². The smallest absolute Gasteiger partial charge is 0.244 e. The summed E-state index contributed by atoms with van der Waals surface area (Å²) in [6.07, 6.45) is 0. The van der Waals surface area contributed by atoms with E-state index < -0.39 is 11.5 Å². The first kappa shape index (κ1) is 17.2. The van der Waals surface area contributed by atoms with E-state index in [1.54, 1.807) is 11.8 Å². The first-order valence-corrected chi connectivity index (χ1v) is 6.13. The van der Waals surface area contributed by atoms with Gasteiger partial charge in [0.05, 0.1) is 0 Å². The molecule has 2 N–H and O–H groups in total. The fraction of sp³-hybridized carbons (Fsp3) is 0.833. The monoisotopic (exact) mass is 277 g/mol. The number of amides is 2. The average Bonchev–Trinajstić information content (AvgIpc) is 2.27. The van der Waals surface area contributed by atoms with Gasteiger partial charge in [0.2, 0.25) is 11.8 Å². The third kappa shape index (κ3) is 4.82. The number of carbonyl (C=O) groups excluding carboxylic acids is 2. The molecule has 1 aliphatic rings. The first-order chi connectivity index (χ1) is 7.82. The van der Waals surface area contributed by atoms with Crippen molar-refractivity contribution < 1.29 is 9.59 Å². The molecular weight excluding hydrogens is 254 g/mol. The van der Waals surface area contributed by atoms with Crippen LogP contribution in [0.1, 0.15) is 27.7 Å². The Bertz CT molecular complexity index is 296. The second-order valence-electron chi connectivity index (χ2n) is 5.52. The van der Waals surface area contributed by atoms with Gasteiger partial charge in [0.25, 0.3) is 0 Å². The van der Waals surface area contributed by atoms with Gasteiger partial charge in [-0.1, -0.05) is 20.8 Å². The molecule has 0 radical (unpaired) electrons. The summed E-state index contributed by atoms with van der Waals surface area (Å²) < 4.78 is 0. The highest BCUT2D eigenvalue weighted by atomic mass is 35.5. The Kier molecular flexibility index (Phi) is 6.63. The fourth-order valence-electron chi connectivity index (χ4n) is 1.63. The van der Waals surface area contributed by atoms with Gasteiger partial charge in [-0.15, -0.1) is 12.4 Å². The lowest BCUT2D eigenvalue weighted by molar-refractivity contribution is -0.138. The number of hydrogen-bond acceptors (Lipinski definition) is 3. The van der Waals surface area contributed by atoms with Crippen LogP contribution in [0.3, 0.4) is 0 Å². The standard InChI is InChI=1S/C12H23N3O2.ClH/c1-9(14-11(17)12(2,3)4)10(16)15-7-5-13-6-8-15;/h9,13H,5-8H2,1-4H3,(H,14,17);1H. The Morgan fingerprint density at radius 2 is 1.72 bits per heavy atom. The maximum atomic E-state index is 12.0. The molecular formula is C12H24ClN3O2. The van der Waals surface area contributed by atoms with E-state index in [4.69, 9.17) is 0 Å². The van der Waals surface area contributed by atoms with E-state index in [9.17, 15) is 9.59 Å². The predicted octanol–water partition coefficient (Wildman–Crippen LogP) is 0.391. The summed E-state index contributed by atoms with van der Waals surface area (Å²) in [7, 11) is 0. The molecule has 2 amide bonds. The third-order valence-corrected chi connectivity index (χ3v) is 2.83. The molecule has 1 rings (SSSR count). The fourth-order valence-corrected chi connectivity index (χ4v) is 1.63. The SMILES string of the molecule is CC(NC(=O)C(C)(C)C)C(=O)N1CCNCC1.Cl. The highest BCUT2D eigenvalue weighted by molar-refractivity contribution is 5.89. The molecule has 0 aromatic heterocycles. The van der Waals surface area contributed by atoms with Gasteiger partial charge in [-0.2, -0.15) is 0 Å². The molecule has 0 aromatic rings. The summed E-state index contributed by atoms with van der Waals surface area (Å²) in [6.45, 7) is 10.3. The lowest BCUT2D eigenvalue weighted by Crippen LogP contribution is -2.54. The number of carbonyl (C=O) groups is 2. The third-order valence-electron chi connectivity index (χ3n) is 2.83. The Balaban J connectivity index is 0.00000289. The van der Waals surface area contributed by atoms with Gasteiger partial charge in [-0.3, -0.25) is 9.59 Å². The van der Waals surface area contributed by atoms with Gasteiger partial charge in [-0.25, -0.2) is 0 Å². The number of nitrogens with one attached hydrogen (secondary N) is 2. The summed E-state index contributed by atoms with van der Waals surface area (Å²) in [5.41, 5.74) is -0.460. The summed E-state index contributed by atoms with van der Waals surface area (Å²) in [6, 6.07) is -0.445. The molecule has 0 aromatic carbocycles. The Morgan fingerprint density at radius 1 is 1.22 bits per heavy atom. The van der Waals surface area contributed by atoms with E-state index in [0.29, 0.717) is 13.1 Å². The highest BCUT2D eigenvalue weighted by Gasteiger charge is 2.27. The quantitative estimate of drug-likeness (QED) is 0.768. The number of hydrogen-bond donors (Lipinski definition) is 2. The zero-order chi connectivity index (χ0) is 13.1. The lowest BCUT2D eigenvalue weighted by atomic mass is 9.95. The van der Waals surface area contributed by atoms with Crippen molar-refractivity contribution in [3.05, 3.63) is 0 Å². The van der Waals surface area contributed by atoms with E-state index >= 15 is 0 Å². The number of halogens is 1. The van der Waals surface area contributed by atoms with Gasteiger partial charge >= 0.3 is 0 Å². The molecule has 1 fully saturated rings. The maximum Gasteiger partial charge on any atom is 0.244 e. The minimum atomic E-state index is -0.460. The molecule has 0 spiro atoms. The summed E-state index contributed by atoms with van der Waals surface area (Å²) in [5, 5.41) is 5.96. The van der Waals surface area contributed by atoms with E-state index in [1.165, 1.54) is 0 Å². The van der Waals surface area contributed by atoms with Gasteiger partial charge in [0, 0.05) is 31.6 Å². The predicted molar refractivity (Wildman–Crippen MR) is 73.8 cm³/mol. The van der Waals surface area contributed by atoms with Crippen LogP contribution in [0.25, 0.3) is 0 Å². The highest BCUT2D eigenvalue weighted by Crippen LogP contribution is 2.13. The molecule has 0 bridgehead atoms. The molecule has 1 heterocycles. The second kappa shape index (κ2) is 6.95. The average molecular weight is 278 g/mol. The molecule has 1 saturated heterocycles. The molecule has 0 aliphatic carbocycles. The Hall–Kier alpha value is -0.810. The summed E-state index contributed by atoms with van der Waals surface area (Å²) >= 11 is 0. The zero-order valence-corrected chi connectivity index (χ0v) is 12.4. The largest absolute Gasteiger partial charge is 0.344 e. The second-order valence-corrected chi connectivity index (χ2v) is 5.52. The van der Waals surface area contributed by atoms with Crippen LogP contribution in [0, 0.1) is 5.41 Å².